The highest BCUT2D eigenvalue weighted by molar-refractivity contribution is 5.82. The quantitative estimate of drug-likeness (QED) is 0.572. The smallest absolute Gasteiger partial charge is 0.247 e. The number of hydrogen-bond acceptors (Lipinski definition) is 4. The van der Waals surface area contributed by atoms with E-state index in [-0.39, 0.29) is 5.75 Å². The highest BCUT2D eigenvalue weighted by atomic mass is 16.4. The summed E-state index contributed by atoms with van der Waals surface area (Å²) in [6.45, 7) is 0. The molecule has 0 aliphatic rings. The number of rotatable bonds is 5. The molecule has 124 valence electrons. The fraction of sp³-hybridized carbons (Fsp3) is 0.143. The molecule has 0 aliphatic heterocycles. The molecule has 25 heavy (non-hydrogen) atoms. The maximum Gasteiger partial charge on any atom is 0.247 e. The average molecular weight is 330 g/mol. The Morgan fingerprint density at radius 2 is 1.60 bits per heavy atom. The van der Waals surface area contributed by atoms with Gasteiger partial charge < -0.3 is 9.52 Å². The maximum absolute atomic E-state index is 9.33. The lowest BCUT2D eigenvalue weighted by atomic mass is 10.0. The van der Waals surface area contributed by atoms with E-state index in [1.54, 1.807) is 24.3 Å². The van der Waals surface area contributed by atoms with E-state index in [0.717, 1.165) is 24.8 Å². The molecule has 0 bridgehead atoms. The van der Waals surface area contributed by atoms with Crippen molar-refractivity contribution in [2.45, 2.75) is 19.3 Å². The molecule has 0 unspecified atom stereocenters. The first-order chi connectivity index (χ1) is 12.3. The van der Waals surface area contributed by atoms with Crippen LogP contribution in [0.4, 0.5) is 0 Å². The second-order valence-electron chi connectivity index (χ2n) is 6.08. The zero-order valence-corrected chi connectivity index (χ0v) is 13.7. The highest BCUT2D eigenvalue weighted by Gasteiger charge is 2.08. The highest BCUT2D eigenvalue weighted by Crippen LogP contribution is 2.21. The van der Waals surface area contributed by atoms with Gasteiger partial charge in [0.15, 0.2) is 0 Å². The molecular weight excluding hydrogens is 312 g/mol. The third-order valence-electron chi connectivity index (χ3n) is 4.25. The minimum atomic E-state index is 0.221. The van der Waals surface area contributed by atoms with Crippen LogP contribution in [0.1, 0.15) is 17.9 Å². The molecule has 0 amide bonds. The fourth-order valence-corrected chi connectivity index (χ4v) is 2.91. The number of fused-ring (bicyclic) bond motifs is 1. The van der Waals surface area contributed by atoms with Gasteiger partial charge in [-0.3, -0.25) is 0 Å². The molecule has 4 heteroatoms. The van der Waals surface area contributed by atoms with Gasteiger partial charge in [-0.2, -0.15) is 0 Å². The fourth-order valence-electron chi connectivity index (χ4n) is 2.91. The molecular formula is C21H18N2O2. The van der Waals surface area contributed by atoms with Crippen LogP contribution in [0, 0.1) is 0 Å². The lowest BCUT2D eigenvalue weighted by Gasteiger charge is -2.03. The van der Waals surface area contributed by atoms with Crippen LogP contribution < -0.4 is 0 Å². The molecule has 4 nitrogen and oxygen atoms in total. The van der Waals surface area contributed by atoms with Gasteiger partial charge in [0.2, 0.25) is 11.8 Å². The molecule has 1 heterocycles. The predicted molar refractivity (Wildman–Crippen MR) is 97.4 cm³/mol. The Labute approximate surface area is 145 Å². The summed E-state index contributed by atoms with van der Waals surface area (Å²) in [4.78, 5) is 0. The molecule has 3 aromatic carbocycles. The van der Waals surface area contributed by atoms with Crippen LogP contribution >= 0.6 is 0 Å². The summed E-state index contributed by atoms with van der Waals surface area (Å²) >= 11 is 0. The number of phenols is 1. The van der Waals surface area contributed by atoms with Crippen LogP contribution in [0.5, 0.6) is 5.75 Å². The van der Waals surface area contributed by atoms with Crippen LogP contribution in [-0.2, 0) is 12.8 Å². The van der Waals surface area contributed by atoms with Crippen molar-refractivity contribution in [3.63, 3.8) is 0 Å². The van der Waals surface area contributed by atoms with Gasteiger partial charge in [-0.15, -0.1) is 10.2 Å². The van der Waals surface area contributed by atoms with Crippen molar-refractivity contribution in [1.82, 2.24) is 10.2 Å². The Morgan fingerprint density at radius 3 is 2.44 bits per heavy atom. The molecule has 0 fully saturated rings. The van der Waals surface area contributed by atoms with Gasteiger partial charge in [-0.25, -0.2) is 0 Å². The normalized spacial score (nSPS) is 11.0. The lowest BCUT2D eigenvalue weighted by Crippen LogP contribution is -1.90. The zero-order valence-electron chi connectivity index (χ0n) is 13.7. The van der Waals surface area contributed by atoms with Crippen molar-refractivity contribution in [3.8, 4) is 17.2 Å². The third-order valence-corrected chi connectivity index (χ3v) is 4.25. The minimum absolute atomic E-state index is 0.221. The maximum atomic E-state index is 9.33. The summed E-state index contributed by atoms with van der Waals surface area (Å²) in [5.74, 6) is 1.35. The Morgan fingerprint density at radius 1 is 0.800 bits per heavy atom. The van der Waals surface area contributed by atoms with Gasteiger partial charge in [-0.05, 0) is 53.4 Å². The van der Waals surface area contributed by atoms with Gasteiger partial charge in [0.25, 0.3) is 0 Å². The minimum Gasteiger partial charge on any atom is -0.508 e. The van der Waals surface area contributed by atoms with Crippen molar-refractivity contribution in [1.29, 1.82) is 0 Å². The van der Waals surface area contributed by atoms with Gasteiger partial charge in [0, 0.05) is 12.0 Å². The van der Waals surface area contributed by atoms with Crippen molar-refractivity contribution in [2.75, 3.05) is 0 Å². The summed E-state index contributed by atoms with van der Waals surface area (Å²) in [6, 6.07) is 21.7. The summed E-state index contributed by atoms with van der Waals surface area (Å²) in [5.41, 5.74) is 2.13. The topological polar surface area (TPSA) is 59.2 Å². The van der Waals surface area contributed by atoms with E-state index in [0.29, 0.717) is 11.8 Å². The third kappa shape index (κ3) is 3.53. The van der Waals surface area contributed by atoms with Gasteiger partial charge >= 0.3 is 0 Å². The molecule has 1 N–H and O–H groups in total. The summed E-state index contributed by atoms with van der Waals surface area (Å²) in [5, 5.41) is 20.1. The monoisotopic (exact) mass is 330 g/mol. The number of aromatic hydroxyl groups is 1. The average Bonchev–Trinajstić information content (AvgIpc) is 3.11. The molecule has 0 spiro atoms. The molecule has 0 saturated heterocycles. The second-order valence-corrected chi connectivity index (χ2v) is 6.08. The lowest BCUT2D eigenvalue weighted by molar-refractivity contribution is 0.475. The Kier molecular flexibility index (Phi) is 4.17. The number of phenolic OH excluding ortho intramolecular Hbond substituents is 1. The van der Waals surface area contributed by atoms with Crippen molar-refractivity contribution >= 4 is 10.8 Å². The van der Waals surface area contributed by atoms with Crippen molar-refractivity contribution in [3.05, 3.63) is 78.2 Å². The number of benzene rings is 3. The van der Waals surface area contributed by atoms with E-state index in [1.807, 2.05) is 0 Å². The van der Waals surface area contributed by atoms with Crippen molar-refractivity contribution < 1.29 is 9.52 Å². The van der Waals surface area contributed by atoms with Crippen molar-refractivity contribution in [2.24, 2.45) is 0 Å². The van der Waals surface area contributed by atoms with E-state index < -0.39 is 0 Å². The largest absolute Gasteiger partial charge is 0.508 e. The Bertz CT molecular complexity index is 990. The molecule has 0 radical (unpaired) electrons. The molecule has 4 rings (SSSR count). The Balaban J connectivity index is 1.39. The molecule has 4 aromatic rings. The summed E-state index contributed by atoms with van der Waals surface area (Å²) in [6.07, 6.45) is 2.68. The van der Waals surface area contributed by atoms with Crippen LogP contribution in [0.25, 0.3) is 22.2 Å². The van der Waals surface area contributed by atoms with Crippen LogP contribution in [0.3, 0.4) is 0 Å². The van der Waals surface area contributed by atoms with Crippen LogP contribution in [-0.4, -0.2) is 15.3 Å². The van der Waals surface area contributed by atoms with E-state index in [9.17, 15) is 5.11 Å². The molecule has 0 saturated carbocycles. The summed E-state index contributed by atoms with van der Waals surface area (Å²) in [7, 11) is 0. The van der Waals surface area contributed by atoms with E-state index in [2.05, 4.69) is 52.7 Å². The van der Waals surface area contributed by atoms with Gasteiger partial charge in [0.1, 0.15) is 5.75 Å². The standard InChI is InChI=1S/C21H18N2O2/c24-19-12-10-17(11-13-19)21-23-22-20(25-21)7-3-4-15-8-9-16-5-1-2-6-18(16)14-15/h1-2,5-6,8-14,24H,3-4,7H2. The first-order valence-electron chi connectivity index (χ1n) is 8.37. The predicted octanol–water partition coefficient (Wildman–Crippen LogP) is 4.77. The first kappa shape index (κ1) is 15.4. The molecule has 0 atom stereocenters. The SMILES string of the molecule is Oc1ccc(-c2nnc(CCCc3ccc4ccccc4c3)o2)cc1. The van der Waals surface area contributed by atoms with Gasteiger partial charge in [0.05, 0.1) is 0 Å². The first-order valence-corrected chi connectivity index (χ1v) is 8.37. The number of aromatic nitrogens is 2. The molecule has 0 aliphatic carbocycles. The number of hydrogen-bond donors (Lipinski definition) is 1. The number of nitrogens with zero attached hydrogens (tertiary/aromatic N) is 2. The van der Waals surface area contributed by atoms with E-state index >= 15 is 0 Å². The molecule has 1 aromatic heterocycles. The Hall–Kier alpha value is -3.14. The summed E-state index contributed by atoms with van der Waals surface area (Å²) < 4.78 is 5.71. The van der Waals surface area contributed by atoms with Crippen LogP contribution in [0.2, 0.25) is 0 Å². The van der Waals surface area contributed by atoms with E-state index in [4.69, 9.17) is 4.42 Å². The number of aryl methyl sites for hydroxylation is 2. The second kappa shape index (κ2) is 6.77. The zero-order chi connectivity index (χ0) is 17.1. The van der Waals surface area contributed by atoms with E-state index in [1.165, 1.54) is 16.3 Å². The van der Waals surface area contributed by atoms with Gasteiger partial charge in [-0.1, -0.05) is 42.5 Å². The van der Waals surface area contributed by atoms with Crippen LogP contribution in [0.15, 0.2) is 71.1 Å².